The monoisotopic (exact) mass is 271 g/mol. The van der Waals surface area contributed by atoms with Gasteiger partial charge in [0.2, 0.25) is 0 Å². The van der Waals surface area contributed by atoms with E-state index < -0.39 is 11.9 Å². The zero-order valence-corrected chi connectivity index (χ0v) is 10.6. The van der Waals surface area contributed by atoms with Crippen molar-refractivity contribution < 1.29 is 17.9 Å². The first kappa shape index (κ1) is 13.4. The quantitative estimate of drug-likeness (QED) is 0.913. The number of hydrogen-bond donors (Lipinski definition) is 1. The Bertz CT molecular complexity index is 605. The minimum Gasteiger partial charge on any atom is -0.496 e. The van der Waals surface area contributed by atoms with Crippen LogP contribution in [0.1, 0.15) is 16.8 Å². The second kappa shape index (κ2) is 4.56. The van der Waals surface area contributed by atoms with E-state index in [4.69, 9.17) is 4.74 Å². The minimum absolute atomic E-state index is 0.142. The largest absolute Gasteiger partial charge is 0.496 e. The van der Waals surface area contributed by atoms with E-state index in [0.29, 0.717) is 17.0 Å². The topological polar surface area (TPSA) is 50.8 Å². The van der Waals surface area contributed by atoms with Crippen molar-refractivity contribution in [1.82, 2.24) is 15.2 Å². The third-order valence-electron chi connectivity index (χ3n) is 2.77. The number of rotatable bonds is 2. The summed E-state index contributed by atoms with van der Waals surface area (Å²) in [7, 11) is 1.50. The van der Waals surface area contributed by atoms with E-state index in [1.54, 1.807) is 13.1 Å². The van der Waals surface area contributed by atoms with Crippen molar-refractivity contribution >= 4 is 0 Å². The number of aromatic nitrogens is 3. The van der Waals surface area contributed by atoms with E-state index in [2.05, 4.69) is 10.1 Å². The Morgan fingerprint density at radius 1 is 1.26 bits per heavy atom. The van der Waals surface area contributed by atoms with Gasteiger partial charge in [0.15, 0.2) is 0 Å². The molecule has 0 atom stereocenters. The summed E-state index contributed by atoms with van der Waals surface area (Å²) < 4.78 is 42.7. The van der Waals surface area contributed by atoms with Gasteiger partial charge in [-0.05, 0) is 19.9 Å². The van der Waals surface area contributed by atoms with Crippen LogP contribution in [0.3, 0.4) is 0 Å². The Balaban J connectivity index is 2.51. The molecule has 0 aliphatic rings. The zero-order chi connectivity index (χ0) is 14.2. The summed E-state index contributed by atoms with van der Waals surface area (Å²) in [4.78, 5) is 4.12. The van der Waals surface area contributed by atoms with E-state index in [0.717, 1.165) is 11.6 Å². The van der Waals surface area contributed by atoms with Crippen LogP contribution in [-0.2, 0) is 6.18 Å². The van der Waals surface area contributed by atoms with Crippen LogP contribution in [0.25, 0.3) is 11.4 Å². The summed E-state index contributed by atoms with van der Waals surface area (Å²) in [5.74, 6) is 0.599. The first-order chi connectivity index (χ1) is 8.84. The van der Waals surface area contributed by atoms with Crippen molar-refractivity contribution in [2.45, 2.75) is 20.0 Å². The molecule has 102 valence electrons. The number of alkyl halides is 3. The molecule has 0 aromatic carbocycles. The third-order valence-corrected chi connectivity index (χ3v) is 2.77. The lowest BCUT2D eigenvalue weighted by Gasteiger charge is -2.10. The highest BCUT2D eigenvalue weighted by atomic mass is 19.4. The number of pyridine rings is 1. The van der Waals surface area contributed by atoms with Crippen molar-refractivity contribution in [2.75, 3.05) is 7.11 Å². The van der Waals surface area contributed by atoms with E-state index >= 15 is 0 Å². The highest BCUT2D eigenvalue weighted by Crippen LogP contribution is 2.33. The highest BCUT2D eigenvalue weighted by Gasteiger charge is 2.33. The molecule has 0 bridgehead atoms. The van der Waals surface area contributed by atoms with E-state index in [-0.39, 0.29) is 5.69 Å². The van der Waals surface area contributed by atoms with Crippen LogP contribution in [0.4, 0.5) is 13.2 Å². The summed E-state index contributed by atoms with van der Waals surface area (Å²) >= 11 is 0. The number of H-pyrrole nitrogens is 1. The number of methoxy groups -OCH3 is 1. The Hall–Kier alpha value is -2.05. The normalized spacial score (nSPS) is 11.7. The van der Waals surface area contributed by atoms with Gasteiger partial charge in [-0.1, -0.05) is 0 Å². The molecule has 7 heteroatoms. The van der Waals surface area contributed by atoms with E-state index in [9.17, 15) is 13.2 Å². The van der Waals surface area contributed by atoms with Gasteiger partial charge in [0, 0.05) is 17.3 Å². The molecule has 0 aliphatic carbocycles. The van der Waals surface area contributed by atoms with Gasteiger partial charge < -0.3 is 4.74 Å². The van der Waals surface area contributed by atoms with Crippen molar-refractivity contribution in [3.8, 4) is 17.1 Å². The number of hydrogen-bond acceptors (Lipinski definition) is 3. The van der Waals surface area contributed by atoms with Crippen molar-refractivity contribution in [3.05, 3.63) is 29.1 Å². The van der Waals surface area contributed by atoms with Crippen molar-refractivity contribution in [3.63, 3.8) is 0 Å². The van der Waals surface area contributed by atoms with Crippen LogP contribution in [0.15, 0.2) is 12.3 Å². The molecule has 2 heterocycles. The van der Waals surface area contributed by atoms with E-state index in [1.807, 2.05) is 12.0 Å². The van der Waals surface area contributed by atoms with Crippen LogP contribution >= 0.6 is 0 Å². The van der Waals surface area contributed by atoms with Gasteiger partial charge in [-0.25, -0.2) is 0 Å². The lowest BCUT2D eigenvalue weighted by atomic mass is 10.1. The molecule has 1 N–H and O–H groups in total. The minimum atomic E-state index is -4.45. The highest BCUT2D eigenvalue weighted by molar-refractivity contribution is 5.63. The molecule has 0 saturated carbocycles. The van der Waals surface area contributed by atoms with Gasteiger partial charge in [0.1, 0.15) is 17.1 Å². The number of nitrogens with zero attached hydrogens (tertiary/aromatic N) is 2. The first-order valence-corrected chi connectivity index (χ1v) is 5.47. The van der Waals surface area contributed by atoms with Crippen LogP contribution in [-0.4, -0.2) is 22.3 Å². The average Bonchev–Trinajstić information content (AvgIpc) is 2.78. The summed E-state index contributed by atoms with van der Waals surface area (Å²) in [6, 6.07) is 0.935. The Morgan fingerprint density at radius 3 is 2.47 bits per heavy atom. The fourth-order valence-electron chi connectivity index (χ4n) is 1.88. The zero-order valence-electron chi connectivity index (χ0n) is 10.6. The predicted molar refractivity (Wildman–Crippen MR) is 62.8 cm³/mol. The van der Waals surface area contributed by atoms with Crippen molar-refractivity contribution in [2.24, 2.45) is 0 Å². The number of halogens is 3. The number of nitrogens with one attached hydrogen (secondary N) is 1. The van der Waals surface area contributed by atoms with Crippen LogP contribution < -0.4 is 4.74 Å². The van der Waals surface area contributed by atoms with Gasteiger partial charge in [-0.2, -0.15) is 18.3 Å². The summed E-state index contributed by atoms with van der Waals surface area (Å²) in [5, 5.41) is 5.62. The average molecular weight is 271 g/mol. The van der Waals surface area contributed by atoms with Gasteiger partial charge in [-0.15, -0.1) is 0 Å². The lowest BCUT2D eigenvalue weighted by molar-refractivity contribution is -0.141. The van der Waals surface area contributed by atoms with Gasteiger partial charge in [0.05, 0.1) is 12.8 Å². The number of aryl methyl sites for hydroxylation is 1. The molecular formula is C12H12F3N3O. The predicted octanol–water partition coefficient (Wildman–Crippen LogP) is 3.12. The van der Waals surface area contributed by atoms with Crippen molar-refractivity contribution in [1.29, 1.82) is 0 Å². The molecule has 0 aliphatic heterocycles. The molecule has 2 aromatic rings. The molecule has 0 fully saturated rings. The fraction of sp³-hybridized carbons (Fsp3) is 0.333. The van der Waals surface area contributed by atoms with Gasteiger partial charge >= 0.3 is 6.18 Å². The summed E-state index contributed by atoms with van der Waals surface area (Å²) in [6.45, 7) is 3.55. The maximum absolute atomic E-state index is 12.5. The molecule has 0 amide bonds. The first-order valence-electron chi connectivity index (χ1n) is 5.47. The molecular weight excluding hydrogens is 259 g/mol. The summed E-state index contributed by atoms with van der Waals surface area (Å²) in [6.07, 6.45) is -2.91. The maximum Gasteiger partial charge on any atom is 0.432 e. The molecule has 2 aromatic heterocycles. The van der Waals surface area contributed by atoms with Crippen LogP contribution in [0.5, 0.6) is 5.75 Å². The SMILES string of the molecule is COc1c(C)cnc(-c2cc(C(F)(F)F)[nH]n2)c1C. The van der Waals surface area contributed by atoms with E-state index in [1.165, 1.54) is 7.11 Å². The van der Waals surface area contributed by atoms with Gasteiger partial charge in [0.25, 0.3) is 0 Å². The third kappa shape index (κ3) is 2.40. The molecule has 0 saturated heterocycles. The molecule has 19 heavy (non-hydrogen) atoms. The Morgan fingerprint density at radius 2 is 1.95 bits per heavy atom. The standard InChI is InChI=1S/C12H12F3N3O/c1-6-5-16-10(7(2)11(6)19-3)8-4-9(18-17-8)12(13,14)15/h4-5H,1-3H3,(H,17,18). The Kier molecular flexibility index (Phi) is 3.21. The second-order valence-corrected chi connectivity index (χ2v) is 4.11. The summed E-state index contributed by atoms with van der Waals surface area (Å²) in [5.41, 5.74) is 1.08. The fourth-order valence-corrected chi connectivity index (χ4v) is 1.88. The van der Waals surface area contributed by atoms with Crippen LogP contribution in [0.2, 0.25) is 0 Å². The lowest BCUT2D eigenvalue weighted by Crippen LogP contribution is -2.04. The van der Waals surface area contributed by atoms with Gasteiger partial charge in [-0.3, -0.25) is 10.1 Å². The second-order valence-electron chi connectivity index (χ2n) is 4.11. The molecule has 0 spiro atoms. The number of ether oxygens (including phenoxy) is 1. The molecule has 0 unspecified atom stereocenters. The maximum atomic E-state index is 12.5. The Labute approximate surface area is 107 Å². The molecule has 0 radical (unpaired) electrons. The molecule has 4 nitrogen and oxygen atoms in total. The number of aromatic amines is 1. The smallest absolute Gasteiger partial charge is 0.432 e. The molecule has 2 rings (SSSR count). The van der Waals surface area contributed by atoms with Crippen LogP contribution in [0, 0.1) is 13.8 Å².